The Morgan fingerprint density at radius 3 is 2.64 bits per heavy atom. The third kappa shape index (κ3) is 4.11. The van der Waals surface area contributed by atoms with Crippen LogP contribution in [0, 0.1) is 12.7 Å². The van der Waals surface area contributed by atoms with E-state index in [2.05, 4.69) is 15.2 Å². The maximum Gasteiger partial charge on any atom is 0.253 e. The first-order valence-corrected chi connectivity index (χ1v) is 10.1. The van der Waals surface area contributed by atoms with Crippen LogP contribution in [0.1, 0.15) is 41.6 Å². The summed E-state index contributed by atoms with van der Waals surface area (Å²) in [6.45, 7) is 5.45. The van der Waals surface area contributed by atoms with Crippen LogP contribution in [0.5, 0.6) is 0 Å². The zero-order chi connectivity index (χ0) is 19.5. The second-order valence-electron chi connectivity index (χ2n) is 7.81. The van der Waals surface area contributed by atoms with Gasteiger partial charge in [0.25, 0.3) is 5.91 Å². The fourth-order valence-electron chi connectivity index (χ4n) is 4.10. The van der Waals surface area contributed by atoms with Gasteiger partial charge in [0, 0.05) is 38.4 Å². The summed E-state index contributed by atoms with van der Waals surface area (Å²) in [5.74, 6) is 0.615. The lowest BCUT2D eigenvalue weighted by Crippen LogP contribution is -2.48. The molecular weight excluding hydrogens is 355 g/mol. The number of anilines is 2. The number of piperidine rings is 1. The molecule has 0 spiro atoms. The van der Waals surface area contributed by atoms with Crippen molar-refractivity contribution in [1.82, 2.24) is 10.3 Å². The third-order valence-electron chi connectivity index (χ3n) is 5.64. The zero-order valence-electron chi connectivity index (χ0n) is 16.3. The van der Waals surface area contributed by atoms with Crippen molar-refractivity contribution in [3.8, 4) is 0 Å². The van der Waals surface area contributed by atoms with Crippen LogP contribution in [-0.4, -0.2) is 43.1 Å². The number of pyridine rings is 1. The summed E-state index contributed by atoms with van der Waals surface area (Å²) >= 11 is 0. The number of nitrogens with zero attached hydrogens (tertiary/aromatic N) is 3. The van der Waals surface area contributed by atoms with Crippen LogP contribution in [-0.2, 0) is 0 Å². The lowest BCUT2D eigenvalue weighted by atomic mass is 10.0. The summed E-state index contributed by atoms with van der Waals surface area (Å²) in [5, 5.41) is 3.10. The van der Waals surface area contributed by atoms with Crippen molar-refractivity contribution >= 4 is 17.4 Å². The maximum atomic E-state index is 14.2. The Morgan fingerprint density at radius 2 is 1.89 bits per heavy atom. The van der Waals surface area contributed by atoms with Crippen LogP contribution >= 0.6 is 0 Å². The van der Waals surface area contributed by atoms with Gasteiger partial charge >= 0.3 is 0 Å². The number of hydrogen-bond donors (Lipinski definition) is 1. The van der Waals surface area contributed by atoms with Crippen molar-refractivity contribution in [2.24, 2.45) is 0 Å². The highest BCUT2D eigenvalue weighted by atomic mass is 19.1. The predicted octanol–water partition coefficient (Wildman–Crippen LogP) is 3.53. The van der Waals surface area contributed by atoms with E-state index in [-0.39, 0.29) is 17.8 Å². The minimum Gasteiger partial charge on any atom is -0.367 e. The molecule has 1 atom stereocenters. The minimum atomic E-state index is -0.209. The van der Waals surface area contributed by atoms with Crippen LogP contribution in [0.15, 0.2) is 36.5 Å². The molecule has 148 valence electrons. The molecule has 28 heavy (non-hydrogen) atoms. The molecule has 1 aromatic heterocycles. The highest BCUT2D eigenvalue weighted by molar-refractivity contribution is 5.94. The van der Waals surface area contributed by atoms with Crippen molar-refractivity contribution < 1.29 is 9.18 Å². The quantitative estimate of drug-likeness (QED) is 0.879. The van der Waals surface area contributed by atoms with E-state index in [1.165, 1.54) is 18.9 Å². The third-order valence-corrected chi connectivity index (χ3v) is 5.64. The monoisotopic (exact) mass is 382 g/mol. The van der Waals surface area contributed by atoms with Gasteiger partial charge in [-0.2, -0.15) is 0 Å². The molecule has 1 amide bonds. The smallest absolute Gasteiger partial charge is 0.253 e. The molecular formula is C22H27FN4O. The molecule has 3 heterocycles. The van der Waals surface area contributed by atoms with E-state index in [9.17, 15) is 9.18 Å². The van der Waals surface area contributed by atoms with Crippen LogP contribution in [0.25, 0.3) is 0 Å². The fourth-order valence-corrected chi connectivity index (χ4v) is 4.10. The van der Waals surface area contributed by atoms with E-state index in [4.69, 9.17) is 0 Å². The number of aryl methyl sites for hydroxylation is 1. The molecule has 1 aromatic carbocycles. The fraction of sp³-hybridized carbons (Fsp3) is 0.455. The average molecular weight is 382 g/mol. The van der Waals surface area contributed by atoms with Crippen molar-refractivity contribution in [3.05, 3.63) is 53.5 Å². The molecule has 0 aliphatic carbocycles. The molecule has 0 saturated carbocycles. The van der Waals surface area contributed by atoms with Crippen molar-refractivity contribution in [2.75, 3.05) is 36.0 Å². The second-order valence-corrected chi connectivity index (χ2v) is 7.81. The molecule has 2 aliphatic heterocycles. The Bertz CT molecular complexity index is 833. The first-order valence-electron chi connectivity index (χ1n) is 10.1. The standard InChI is InChI=1S/C22H27FN4O/c1-16-6-8-19(23)20(13-16)27-12-4-5-18(15-27)25-22(28)17-7-9-21(24-14-17)26-10-2-3-11-26/h6-9,13-14,18H,2-5,10-12,15H2,1H3,(H,25,28). The van der Waals surface area contributed by atoms with Gasteiger partial charge in [-0.15, -0.1) is 0 Å². The van der Waals surface area contributed by atoms with Gasteiger partial charge in [0.2, 0.25) is 0 Å². The van der Waals surface area contributed by atoms with Crippen LogP contribution in [0.4, 0.5) is 15.9 Å². The van der Waals surface area contributed by atoms with E-state index < -0.39 is 0 Å². The van der Waals surface area contributed by atoms with Gasteiger partial charge in [-0.1, -0.05) is 6.07 Å². The Morgan fingerprint density at radius 1 is 1.11 bits per heavy atom. The molecule has 0 bridgehead atoms. The summed E-state index contributed by atoms with van der Waals surface area (Å²) < 4.78 is 14.2. The van der Waals surface area contributed by atoms with E-state index in [0.717, 1.165) is 43.9 Å². The number of carbonyl (C=O) groups excluding carboxylic acids is 1. The Balaban J connectivity index is 1.39. The average Bonchev–Trinajstić information content (AvgIpc) is 3.25. The number of aromatic nitrogens is 1. The van der Waals surface area contributed by atoms with Crippen LogP contribution in [0.2, 0.25) is 0 Å². The lowest BCUT2D eigenvalue weighted by Gasteiger charge is -2.35. The molecule has 2 aliphatic rings. The number of benzene rings is 1. The van der Waals surface area contributed by atoms with Gasteiger partial charge in [-0.3, -0.25) is 4.79 Å². The number of carbonyl (C=O) groups is 1. The number of halogens is 1. The normalized spacial score (nSPS) is 19.7. The molecule has 6 heteroatoms. The highest BCUT2D eigenvalue weighted by Gasteiger charge is 2.24. The van der Waals surface area contributed by atoms with Gasteiger partial charge in [0.05, 0.1) is 11.3 Å². The molecule has 4 rings (SSSR count). The number of hydrogen-bond acceptors (Lipinski definition) is 4. The summed E-state index contributed by atoms with van der Waals surface area (Å²) in [4.78, 5) is 21.4. The van der Waals surface area contributed by atoms with Gasteiger partial charge in [-0.05, 0) is 62.4 Å². The van der Waals surface area contributed by atoms with Crippen molar-refractivity contribution in [1.29, 1.82) is 0 Å². The topological polar surface area (TPSA) is 48.5 Å². The molecule has 0 radical (unpaired) electrons. The number of nitrogens with one attached hydrogen (secondary N) is 1. The van der Waals surface area contributed by atoms with Gasteiger partial charge < -0.3 is 15.1 Å². The summed E-state index contributed by atoms with van der Waals surface area (Å²) in [5.41, 5.74) is 2.23. The Kier molecular flexibility index (Phi) is 5.46. The molecule has 5 nitrogen and oxygen atoms in total. The molecule has 2 saturated heterocycles. The summed E-state index contributed by atoms with van der Waals surface area (Å²) in [7, 11) is 0. The molecule has 2 aromatic rings. The predicted molar refractivity (Wildman–Crippen MR) is 110 cm³/mol. The van der Waals surface area contributed by atoms with Gasteiger partial charge in [0.15, 0.2) is 0 Å². The van der Waals surface area contributed by atoms with Crippen LogP contribution < -0.4 is 15.1 Å². The molecule has 1 N–H and O–H groups in total. The number of amides is 1. The molecule has 1 unspecified atom stereocenters. The maximum absolute atomic E-state index is 14.2. The Hall–Kier alpha value is -2.63. The lowest BCUT2D eigenvalue weighted by molar-refractivity contribution is 0.0933. The van der Waals surface area contributed by atoms with Crippen LogP contribution in [0.3, 0.4) is 0 Å². The summed E-state index contributed by atoms with van der Waals surface area (Å²) in [6.07, 6.45) is 5.87. The van der Waals surface area contributed by atoms with Gasteiger partial charge in [0.1, 0.15) is 11.6 Å². The highest BCUT2D eigenvalue weighted by Crippen LogP contribution is 2.25. The van der Waals surface area contributed by atoms with E-state index in [0.29, 0.717) is 17.8 Å². The Labute approximate surface area is 165 Å². The van der Waals surface area contributed by atoms with E-state index in [1.807, 2.05) is 30.0 Å². The van der Waals surface area contributed by atoms with E-state index >= 15 is 0 Å². The van der Waals surface area contributed by atoms with Gasteiger partial charge in [-0.25, -0.2) is 9.37 Å². The molecule has 2 fully saturated rings. The first-order chi connectivity index (χ1) is 13.6. The van der Waals surface area contributed by atoms with Crippen molar-refractivity contribution in [2.45, 2.75) is 38.6 Å². The zero-order valence-corrected chi connectivity index (χ0v) is 16.3. The number of rotatable bonds is 4. The summed E-state index contributed by atoms with van der Waals surface area (Å²) in [6, 6.07) is 8.94. The minimum absolute atomic E-state index is 0.000536. The first kappa shape index (κ1) is 18.7. The SMILES string of the molecule is Cc1ccc(F)c(N2CCCC(NC(=O)c3ccc(N4CCCC4)nc3)C2)c1. The van der Waals surface area contributed by atoms with E-state index in [1.54, 1.807) is 12.3 Å². The largest absolute Gasteiger partial charge is 0.367 e. The van der Waals surface area contributed by atoms with Crippen molar-refractivity contribution in [3.63, 3.8) is 0 Å². The second kappa shape index (κ2) is 8.17.